The van der Waals surface area contributed by atoms with Gasteiger partial charge in [-0.3, -0.25) is 9.69 Å². The van der Waals surface area contributed by atoms with Gasteiger partial charge < -0.3 is 10.1 Å². The van der Waals surface area contributed by atoms with Crippen LogP contribution in [-0.2, 0) is 16.1 Å². The van der Waals surface area contributed by atoms with Crippen molar-refractivity contribution in [3.05, 3.63) is 65.7 Å². The Balaban J connectivity index is 1.71. The van der Waals surface area contributed by atoms with E-state index < -0.39 is 11.6 Å². The molecule has 154 valence electrons. The average molecular weight is 395 g/mol. The Labute approximate surface area is 173 Å². The first-order chi connectivity index (χ1) is 14.0. The lowest BCUT2D eigenvalue weighted by atomic mass is 9.94. The molecular formula is C24H30N2O3. The van der Waals surface area contributed by atoms with Gasteiger partial charge in [0.25, 0.3) is 0 Å². The predicted molar refractivity (Wildman–Crippen MR) is 115 cm³/mol. The summed E-state index contributed by atoms with van der Waals surface area (Å²) >= 11 is 0. The SMILES string of the molecule is CCC(C)c1ccccc1NC(=O)C1(C)CCCN1C(=O)OCc1ccccc1. The molecule has 2 aromatic rings. The van der Waals surface area contributed by atoms with Crippen molar-refractivity contribution in [2.45, 2.75) is 58.1 Å². The van der Waals surface area contributed by atoms with Gasteiger partial charge in [0.05, 0.1) is 0 Å². The zero-order valence-electron chi connectivity index (χ0n) is 17.5. The number of benzene rings is 2. The molecule has 1 saturated heterocycles. The highest BCUT2D eigenvalue weighted by Gasteiger charge is 2.46. The molecule has 1 heterocycles. The second-order valence-corrected chi connectivity index (χ2v) is 7.92. The summed E-state index contributed by atoms with van der Waals surface area (Å²) in [5.74, 6) is 0.178. The highest BCUT2D eigenvalue weighted by atomic mass is 16.6. The van der Waals surface area contributed by atoms with Gasteiger partial charge in [0.15, 0.2) is 0 Å². The van der Waals surface area contributed by atoms with E-state index in [1.165, 1.54) is 0 Å². The molecule has 5 nitrogen and oxygen atoms in total. The summed E-state index contributed by atoms with van der Waals surface area (Å²) in [6.45, 7) is 6.82. The van der Waals surface area contributed by atoms with E-state index in [-0.39, 0.29) is 12.5 Å². The molecule has 0 aliphatic carbocycles. The second-order valence-electron chi connectivity index (χ2n) is 7.92. The Morgan fingerprint density at radius 1 is 1.14 bits per heavy atom. The summed E-state index contributed by atoms with van der Waals surface area (Å²) in [6, 6.07) is 17.4. The van der Waals surface area contributed by atoms with Gasteiger partial charge in [-0.25, -0.2) is 4.79 Å². The summed E-state index contributed by atoms with van der Waals surface area (Å²) in [7, 11) is 0. The Morgan fingerprint density at radius 3 is 2.55 bits per heavy atom. The Morgan fingerprint density at radius 2 is 1.83 bits per heavy atom. The maximum absolute atomic E-state index is 13.2. The molecule has 1 fully saturated rings. The fourth-order valence-electron chi connectivity index (χ4n) is 3.81. The van der Waals surface area contributed by atoms with E-state index in [1.54, 1.807) is 4.90 Å². The molecule has 1 aliphatic heterocycles. The molecule has 2 atom stereocenters. The van der Waals surface area contributed by atoms with E-state index in [0.717, 1.165) is 29.7 Å². The van der Waals surface area contributed by atoms with E-state index in [9.17, 15) is 9.59 Å². The lowest BCUT2D eigenvalue weighted by molar-refractivity contribution is -0.125. The third kappa shape index (κ3) is 4.61. The molecular weight excluding hydrogens is 364 g/mol. The van der Waals surface area contributed by atoms with Crippen LogP contribution < -0.4 is 5.32 Å². The fraction of sp³-hybridized carbons (Fsp3) is 0.417. The first kappa shape index (κ1) is 20.9. The second kappa shape index (κ2) is 9.12. The van der Waals surface area contributed by atoms with Gasteiger partial charge in [-0.15, -0.1) is 0 Å². The number of anilines is 1. The van der Waals surface area contributed by atoms with E-state index in [4.69, 9.17) is 4.74 Å². The van der Waals surface area contributed by atoms with Gasteiger partial charge in [-0.1, -0.05) is 62.4 Å². The van der Waals surface area contributed by atoms with E-state index in [2.05, 4.69) is 19.2 Å². The summed E-state index contributed by atoms with van der Waals surface area (Å²) < 4.78 is 5.49. The van der Waals surface area contributed by atoms with Gasteiger partial charge in [0.1, 0.15) is 12.1 Å². The number of amides is 2. The smallest absolute Gasteiger partial charge is 0.410 e. The third-order valence-corrected chi connectivity index (χ3v) is 5.91. The molecule has 0 saturated carbocycles. The molecule has 1 aliphatic rings. The molecule has 29 heavy (non-hydrogen) atoms. The van der Waals surface area contributed by atoms with Crippen LogP contribution in [0.1, 0.15) is 57.1 Å². The van der Waals surface area contributed by atoms with Crippen molar-refractivity contribution in [3.8, 4) is 0 Å². The topological polar surface area (TPSA) is 58.6 Å². The molecule has 3 rings (SSSR count). The van der Waals surface area contributed by atoms with Gasteiger partial charge in [0, 0.05) is 12.2 Å². The van der Waals surface area contributed by atoms with Crippen LogP contribution in [-0.4, -0.2) is 29.0 Å². The van der Waals surface area contributed by atoms with E-state index >= 15 is 0 Å². The van der Waals surface area contributed by atoms with Crippen LogP contribution in [0, 0.1) is 0 Å². The van der Waals surface area contributed by atoms with Gasteiger partial charge in [-0.2, -0.15) is 0 Å². The minimum absolute atomic E-state index is 0.164. The number of rotatable bonds is 6. The number of hydrogen-bond acceptors (Lipinski definition) is 3. The number of carbonyl (C=O) groups is 2. The molecule has 0 radical (unpaired) electrons. The number of nitrogens with zero attached hydrogens (tertiary/aromatic N) is 1. The van der Waals surface area contributed by atoms with Crippen LogP contribution in [0.5, 0.6) is 0 Å². The van der Waals surface area contributed by atoms with Crippen molar-refractivity contribution in [2.75, 3.05) is 11.9 Å². The Kier molecular flexibility index (Phi) is 6.57. The summed E-state index contributed by atoms with van der Waals surface area (Å²) in [4.78, 5) is 27.5. The number of likely N-dealkylation sites (tertiary alicyclic amines) is 1. The fourth-order valence-corrected chi connectivity index (χ4v) is 3.81. The number of carbonyl (C=O) groups excluding carboxylic acids is 2. The average Bonchev–Trinajstić information content (AvgIpc) is 3.15. The van der Waals surface area contributed by atoms with Crippen LogP contribution in [0.3, 0.4) is 0 Å². The van der Waals surface area contributed by atoms with Gasteiger partial charge in [-0.05, 0) is 49.3 Å². The molecule has 2 amide bonds. The lowest BCUT2D eigenvalue weighted by Gasteiger charge is -2.33. The summed E-state index contributed by atoms with van der Waals surface area (Å²) in [5.41, 5.74) is 1.94. The van der Waals surface area contributed by atoms with Gasteiger partial charge >= 0.3 is 6.09 Å². The van der Waals surface area contributed by atoms with E-state index in [0.29, 0.717) is 18.9 Å². The molecule has 0 bridgehead atoms. The van der Waals surface area contributed by atoms with Crippen LogP contribution in [0.15, 0.2) is 54.6 Å². The zero-order valence-corrected chi connectivity index (χ0v) is 17.5. The molecule has 0 aromatic heterocycles. The minimum atomic E-state index is -0.920. The third-order valence-electron chi connectivity index (χ3n) is 5.91. The standard InChI is InChI=1S/C24H30N2O3/c1-4-18(2)20-13-8-9-14-21(20)25-22(27)24(3)15-10-16-26(24)23(28)29-17-19-11-6-5-7-12-19/h5-9,11-14,18H,4,10,15-17H2,1-3H3,(H,25,27). The highest BCUT2D eigenvalue weighted by Crippen LogP contribution is 2.33. The molecule has 2 unspecified atom stereocenters. The van der Waals surface area contributed by atoms with Crippen molar-refractivity contribution < 1.29 is 14.3 Å². The number of hydrogen-bond donors (Lipinski definition) is 1. The lowest BCUT2D eigenvalue weighted by Crippen LogP contribution is -2.53. The normalized spacial score (nSPS) is 19.6. The maximum atomic E-state index is 13.2. The number of para-hydroxylation sites is 1. The van der Waals surface area contributed by atoms with Crippen molar-refractivity contribution in [1.29, 1.82) is 0 Å². The monoisotopic (exact) mass is 394 g/mol. The zero-order chi connectivity index (χ0) is 20.9. The largest absolute Gasteiger partial charge is 0.445 e. The minimum Gasteiger partial charge on any atom is -0.445 e. The van der Waals surface area contributed by atoms with Crippen LogP contribution in [0.25, 0.3) is 0 Å². The van der Waals surface area contributed by atoms with Crippen LogP contribution >= 0.6 is 0 Å². The van der Waals surface area contributed by atoms with E-state index in [1.807, 2.05) is 61.5 Å². The predicted octanol–water partition coefficient (Wildman–Crippen LogP) is 5.33. The number of nitrogens with one attached hydrogen (secondary N) is 1. The molecule has 5 heteroatoms. The van der Waals surface area contributed by atoms with Gasteiger partial charge in [0.2, 0.25) is 5.91 Å². The van der Waals surface area contributed by atoms with Crippen molar-refractivity contribution in [2.24, 2.45) is 0 Å². The van der Waals surface area contributed by atoms with Crippen LogP contribution in [0.4, 0.5) is 10.5 Å². The molecule has 0 spiro atoms. The first-order valence-corrected chi connectivity index (χ1v) is 10.3. The molecule has 2 aromatic carbocycles. The molecule has 1 N–H and O–H groups in total. The van der Waals surface area contributed by atoms with Crippen LogP contribution in [0.2, 0.25) is 0 Å². The van der Waals surface area contributed by atoms with Crippen molar-refractivity contribution in [1.82, 2.24) is 4.90 Å². The Bertz CT molecular complexity index is 852. The first-order valence-electron chi connectivity index (χ1n) is 10.3. The quantitative estimate of drug-likeness (QED) is 0.720. The highest BCUT2D eigenvalue weighted by molar-refractivity contribution is 6.00. The number of ether oxygens (including phenoxy) is 1. The maximum Gasteiger partial charge on any atom is 0.410 e. The Hall–Kier alpha value is -2.82. The van der Waals surface area contributed by atoms with Crippen molar-refractivity contribution >= 4 is 17.7 Å². The summed E-state index contributed by atoms with van der Waals surface area (Å²) in [6.07, 6.45) is 1.93. The summed E-state index contributed by atoms with van der Waals surface area (Å²) in [5, 5.41) is 3.08. The van der Waals surface area contributed by atoms with Crippen molar-refractivity contribution in [3.63, 3.8) is 0 Å².